The molecule has 3 aliphatic rings. The molecule has 0 bridgehead atoms. The molecule has 3 aliphatic carbocycles. The number of rotatable bonds is 5. The van der Waals surface area contributed by atoms with Crippen molar-refractivity contribution >= 4 is 11.9 Å². The summed E-state index contributed by atoms with van der Waals surface area (Å²) in [5.41, 5.74) is 2.57. The third-order valence-electron chi connectivity index (χ3n) is 8.11. The summed E-state index contributed by atoms with van der Waals surface area (Å²) in [6.07, 6.45) is 15.6. The van der Waals surface area contributed by atoms with Crippen LogP contribution in [0.15, 0.2) is 10.9 Å². The molecule has 1 heterocycles. The van der Waals surface area contributed by atoms with Gasteiger partial charge in [0.25, 0.3) is 11.5 Å². The minimum absolute atomic E-state index is 0.00612. The molecule has 0 atom stereocenters. The van der Waals surface area contributed by atoms with E-state index in [0.717, 1.165) is 45.1 Å². The van der Waals surface area contributed by atoms with Gasteiger partial charge in [-0.05, 0) is 81.8 Å². The van der Waals surface area contributed by atoms with Gasteiger partial charge in [0.2, 0.25) is 0 Å². The van der Waals surface area contributed by atoms with Gasteiger partial charge in [0, 0.05) is 18.3 Å². The molecule has 182 valence electrons. The lowest BCUT2D eigenvalue weighted by Gasteiger charge is -2.28. The number of aromatic nitrogens is 1. The molecule has 2 saturated carbocycles. The second-order valence-electron chi connectivity index (χ2n) is 10.4. The summed E-state index contributed by atoms with van der Waals surface area (Å²) < 4.78 is 6.85. The van der Waals surface area contributed by atoms with Crippen molar-refractivity contribution in [2.75, 3.05) is 7.11 Å². The van der Waals surface area contributed by atoms with Crippen LogP contribution in [0.1, 0.15) is 105 Å². The number of amides is 1. The molecule has 0 saturated heterocycles. The Morgan fingerprint density at radius 3 is 2.30 bits per heavy atom. The summed E-state index contributed by atoms with van der Waals surface area (Å²) in [4.78, 5) is 38.7. The van der Waals surface area contributed by atoms with Crippen LogP contribution in [0.3, 0.4) is 0 Å². The van der Waals surface area contributed by atoms with Crippen LogP contribution in [0.4, 0.5) is 0 Å². The number of hydrogen-bond acceptors (Lipinski definition) is 4. The topological polar surface area (TPSA) is 77.4 Å². The fourth-order valence-corrected chi connectivity index (χ4v) is 6.12. The predicted molar refractivity (Wildman–Crippen MR) is 128 cm³/mol. The molecule has 0 unspecified atom stereocenters. The second-order valence-corrected chi connectivity index (χ2v) is 10.4. The van der Waals surface area contributed by atoms with E-state index >= 15 is 0 Å². The van der Waals surface area contributed by atoms with Gasteiger partial charge in [0.1, 0.15) is 5.56 Å². The fraction of sp³-hybridized carbons (Fsp3) is 0.741. The van der Waals surface area contributed by atoms with Gasteiger partial charge in [-0.2, -0.15) is 0 Å². The van der Waals surface area contributed by atoms with E-state index in [-0.39, 0.29) is 29.4 Å². The number of fused-ring (bicyclic) bond motifs is 1. The van der Waals surface area contributed by atoms with Crippen molar-refractivity contribution in [1.82, 2.24) is 9.88 Å². The Hall–Kier alpha value is -2.11. The molecule has 6 heteroatoms. The number of pyridine rings is 1. The van der Waals surface area contributed by atoms with E-state index in [2.05, 4.69) is 5.32 Å². The van der Waals surface area contributed by atoms with Crippen molar-refractivity contribution in [3.05, 3.63) is 33.2 Å². The lowest BCUT2D eigenvalue weighted by molar-refractivity contribution is -0.146. The summed E-state index contributed by atoms with van der Waals surface area (Å²) in [5, 5.41) is 3.11. The number of ether oxygens (including phenoxy) is 1. The maximum absolute atomic E-state index is 13.6. The molecule has 2 fully saturated rings. The third-order valence-corrected chi connectivity index (χ3v) is 8.11. The Balaban J connectivity index is 1.55. The predicted octanol–water partition coefficient (Wildman–Crippen LogP) is 4.55. The third kappa shape index (κ3) is 5.88. The number of methoxy groups -OCH3 is 1. The first kappa shape index (κ1) is 24.0. The van der Waals surface area contributed by atoms with Crippen molar-refractivity contribution in [1.29, 1.82) is 0 Å². The van der Waals surface area contributed by atoms with Crippen LogP contribution in [0.25, 0.3) is 0 Å². The number of aryl methyl sites for hydroxylation is 1. The highest BCUT2D eigenvalue weighted by molar-refractivity contribution is 5.94. The van der Waals surface area contributed by atoms with Crippen molar-refractivity contribution in [2.45, 2.75) is 109 Å². The Morgan fingerprint density at radius 1 is 0.939 bits per heavy atom. The minimum Gasteiger partial charge on any atom is -0.469 e. The van der Waals surface area contributed by atoms with E-state index in [1.54, 1.807) is 0 Å². The Morgan fingerprint density at radius 2 is 1.61 bits per heavy atom. The largest absolute Gasteiger partial charge is 0.469 e. The quantitative estimate of drug-likeness (QED) is 0.660. The van der Waals surface area contributed by atoms with Crippen LogP contribution in [0.2, 0.25) is 0 Å². The fourth-order valence-electron chi connectivity index (χ4n) is 6.12. The van der Waals surface area contributed by atoms with E-state index in [1.165, 1.54) is 63.3 Å². The summed E-state index contributed by atoms with van der Waals surface area (Å²) in [5.74, 6) is 0.0565. The zero-order valence-corrected chi connectivity index (χ0v) is 20.2. The van der Waals surface area contributed by atoms with Crippen molar-refractivity contribution in [3.63, 3.8) is 0 Å². The molecule has 33 heavy (non-hydrogen) atoms. The van der Waals surface area contributed by atoms with Gasteiger partial charge in [-0.3, -0.25) is 14.4 Å². The van der Waals surface area contributed by atoms with Gasteiger partial charge in [-0.15, -0.1) is 0 Å². The molecule has 1 amide bonds. The molecule has 0 spiro atoms. The summed E-state index contributed by atoms with van der Waals surface area (Å²) in [6, 6.07) is 1.90. The molecule has 6 nitrogen and oxygen atoms in total. The maximum atomic E-state index is 13.6. The highest BCUT2D eigenvalue weighted by Crippen LogP contribution is 2.28. The van der Waals surface area contributed by atoms with Crippen LogP contribution >= 0.6 is 0 Å². The molecular formula is C27H40N2O4. The van der Waals surface area contributed by atoms with Gasteiger partial charge in [-0.1, -0.05) is 32.1 Å². The van der Waals surface area contributed by atoms with E-state index < -0.39 is 0 Å². The van der Waals surface area contributed by atoms with Crippen molar-refractivity contribution in [3.8, 4) is 0 Å². The summed E-state index contributed by atoms with van der Waals surface area (Å²) in [7, 11) is 1.43. The minimum atomic E-state index is -0.247. The Kier molecular flexibility index (Phi) is 8.26. The van der Waals surface area contributed by atoms with Crippen LogP contribution in [-0.4, -0.2) is 29.6 Å². The number of carbonyl (C=O) groups is 2. The summed E-state index contributed by atoms with van der Waals surface area (Å²) in [6.45, 7) is 0.756. The average molecular weight is 457 g/mol. The van der Waals surface area contributed by atoms with Crippen LogP contribution in [0.5, 0.6) is 0 Å². The van der Waals surface area contributed by atoms with Gasteiger partial charge < -0.3 is 14.6 Å². The summed E-state index contributed by atoms with van der Waals surface area (Å²) >= 11 is 0. The van der Waals surface area contributed by atoms with Gasteiger partial charge in [0.15, 0.2) is 0 Å². The Bertz CT molecular complexity index is 892. The maximum Gasteiger partial charge on any atom is 0.308 e. The van der Waals surface area contributed by atoms with Crippen LogP contribution < -0.4 is 10.9 Å². The lowest BCUT2D eigenvalue weighted by atomic mass is 9.86. The first-order chi connectivity index (χ1) is 16.1. The number of carbonyl (C=O) groups excluding carboxylic acids is 2. The van der Waals surface area contributed by atoms with E-state index in [1.807, 2.05) is 10.6 Å². The number of esters is 1. The molecular weight excluding hydrogens is 416 g/mol. The molecule has 0 aromatic carbocycles. The number of nitrogens with zero attached hydrogens (tertiary/aromatic N) is 1. The smallest absolute Gasteiger partial charge is 0.308 e. The number of hydrogen-bond donors (Lipinski definition) is 1. The van der Waals surface area contributed by atoms with Crippen LogP contribution in [-0.2, 0) is 28.9 Å². The molecule has 0 radical (unpaired) electrons. The first-order valence-corrected chi connectivity index (χ1v) is 13.2. The van der Waals surface area contributed by atoms with Crippen LogP contribution in [0, 0.1) is 11.8 Å². The molecule has 1 N–H and O–H groups in total. The molecule has 1 aromatic heterocycles. The highest BCUT2D eigenvalue weighted by atomic mass is 16.5. The van der Waals surface area contributed by atoms with E-state index in [4.69, 9.17) is 4.74 Å². The van der Waals surface area contributed by atoms with Crippen molar-refractivity contribution < 1.29 is 14.3 Å². The zero-order chi connectivity index (χ0) is 23.2. The zero-order valence-electron chi connectivity index (χ0n) is 20.2. The normalized spacial score (nSPS) is 24.3. The highest BCUT2D eigenvalue weighted by Gasteiger charge is 2.29. The molecule has 1 aromatic rings. The molecule has 0 aliphatic heterocycles. The molecule has 4 rings (SSSR count). The first-order valence-electron chi connectivity index (χ1n) is 13.2. The van der Waals surface area contributed by atoms with Gasteiger partial charge in [-0.25, -0.2) is 0 Å². The second kappa shape index (κ2) is 11.3. The van der Waals surface area contributed by atoms with Gasteiger partial charge >= 0.3 is 5.97 Å². The monoisotopic (exact) mass is 456 g/mol. The number of nitrogens with one attached hydrogen (secondary N) is 1. The SMILES string of the molecule is COC(=O)C1CCC(NC(=O)c2cc3c(n(CC4CCCCC4)c2=O)CCCCCC3)CC1. The van der Waals surface area contributed by atoms with E-state index in [9.17, 15) is 14.4 Å². The van der Waals surface area contributed by atoms with E-state index in [0.29, 0.717) is 24.3 Å². The standard InChI is InChI=1S/C27H40N2O4/c1-33-27(32)20-13-15-22(16-14-20)28-25(30)23-17-21-11-7-2-3-8-12-24(21)29(26(23)31)18-19-9-5-4-6-10-19/h17,19-20,22H,2-16,18H2,1H3,(H,28,30). The van der Waals surface area contributed by atoms with Crippen molar-refractivity contribution in [2.24, 2.45) is 11.8 Å². The Labute approximate surface area is 197 Å². The van der Waals surface area contributed by atoms with Gasteiger partial charge in [0.05, 0.1) is 13.0 Å². The lowest BCUT2D eigenvalue weighted by Crippen LogP contribution is -2.42. The average Bonchev–Trinajstić information content (AvgIpc) is 2.82.